The van der Waals surface area contributed by atoms with E-state index in [1.165, 1.54) is 0 Å². The van der Waals surface area contributed by atoms with Crippen LogP contribution in [-0.4, -0.2) is 23.3 Å². The van der Waals surface area contributed by atoms with Crippen molar-refractivity contribution in [3.8, 4) is 0 Å². The third-order valence-electron chi connectivity index (χ3n) is 3.73. The van der Waals surface area contributed by atoms with E-state index in [4.69, 9.17) is 0 Å². The smallest absolute Gasteiger partial charge is 0.251 e. The lowest BCUT2D eigenvalue weighted by Crippen LogP contribution is -2.26. The number of rotatable bonds is 6. The zero-order valence-corrected chi connectivity index (χ0v) is 12.8. The van der Waals surface area contributed by atoms with Gasteiger partial charge in [0.1, 0.15) is 0 Å². The highest BCUT2D eigenvalue weighted by Gasteiger charge is 2.29. The van der Waals surface area contributed by atoms with Crippen molar-refractivity contribution in [3.05, 3.63) is 59.9 Å². The number of anilines is 1. The lowest BCUT2D eigenvalue weighted by Gasteiger charge is -2.08. The second-order valence-electron chi connectivity index (χ2n) is 5.67. The van der Waals surface area contributed by atoms with Gasteiger partial charge in [-0.1, -0.05) is 12.1 Å². The van der Waals surface area contributed by atoms with Crippen LogP contribution in [0.3, 0.4) is 0 Å². The van der Waals surface area contributed by atoms with E-state index in [2.05, 4.69) is 15.6 Å². The molecular weight excluding hydrogens is 290 g/mol. The molecule has 0 saturated heterocycles. The number of hydrogen-bond acceptors (Lipinski definition) is 3. The molecule has 1 aromatic carbocycles. The standard InChI is InChI=1S/C18H19N3O2/c22-17(20-11-9-15-5-1-2-10-19-15)14-4-3-6-16(12-14)21-18(23)13-7-8-13/h1-6,10,12-13H,7-9,11H2,(H,20,22)(H,21,23). The third-order valence-corrected chi connectivity index (χ3v) is 3.73. The fourth-order valence-corrected chi connectivity index (χ4v) is 2.28. The number of benzene rings is 1. The molecule has 0 aliphatic heterocycles. The molecule has 1 aliphatic carbocycles. The zero-order valence-electron chi connectivity index (χ0n) is 12.8. The predicted molar refractivity (Wildman–Crippen MR) is 88.1 cm³/mol. The van der Waals surface area contributed by atoms with Crippen LogP contribution < -0.4 is 10.6 Å². The van der Waals surface area contributed by atoms with Gasteiger partial charge in [-0.15, -0.1) is 0 Å². The first-order valence-corrected chi connectivity index (χ1v) is 7.81. The SMILES string of the molecule is O=C(NCCc1ccccn1)c1cccc(NC(=O)C2CC2)c1. The summed E-state index contributed by atoms with van der Waals surface area (Å²) in [5.41, 5.74) is 2.15. The average molecular weight is 309 g/mol. The van der Waals surface area contributed by atoms with Gasteiger partial charge in [0.15, 0.2) is 0 Å². The van der Waals surface area contributed by atoms with Crippen LogP contribution in [0.25, 0.3) is 0 Å². The Morgan fingerprint density at radius 1 is 1.13 bits per heavy atom. The average Bonchev–Trinajstić information content (AvgIpc) is 3.41. The summed E-state index contributed by atoms with van der Waals surface area (Å²) in [5, 5.41) is 5.72. The molecule has 0 bridgehead atoms. The van der Waals surface area contributed by atoms with Crippen molar-refractivity contribution in [2.75, 3.05) is 11.9 Å². The largest absolute Gasteiger partial charge is 0.352 e. The van der Waals surface area contributed by atoms with E-state index in [0.29, 0.717) is 24.2 Å². The Hall–Kier alpha value is -2.69. The Bertz CT molecular complexity index is 696. The van der Waals surface area contributed by atoms with E-state index in [-0.39, 0.29) is 17.7 Å². The maximum Gasteiger partial charge on any atom is 0.251 e. The summed E-state index contributed by atoms with van der Waals surface area (Å²) >= 11 is 0. The highest BCUT2D eigenvalue weighted by molar-refractivity contribution is 5.98. The summed E-state index contributed by atoms with van der Waals surface area (Å²) in [6, 6.07) is 12.7. The topological polar surface area (TPSA) is 71.1 Å². The molecule has 5 heteroatoms. The van der Waals surface area contributed by atoms with Gasteiger partial charge < -0.3 is 10.6 Å². The van der Waals surface area contributed by atoms with Crippen LogP contribution in [0.5, 0.6) is 0 Å². The van der Waals surface area contributed by atoms with Gasteiger partial charge in [-0.05, 0) is 43.2 Å². The minimum atomic E-state index is -0.150. The third kappa shape index (κ3) is 4.39. The number of aromatic nitrogens is 1. The van der Waals surface area contributed by atoms with Crippen molar-refractivity contribution in [1.29, 1.82) is 0 Å². The van der Waals surface area contributed by atoms with Crippen molar-refractivity contribution in [1.82, 2.24) is 10.3 Å². The minimum absolute atomic E-state index is 0.0395. The first-order valence-electron chi connectivity index (χ1n) is 7.81. The van der Waals surface area contributed by atoms with Crippen LogP contribution in [-0.2, 0) is 11.2 Å². The molecular formula is C18H19N3O2. The van der Waals surface area contributed by atoms with Crippen molar-refractivity contribution in [2.24, 2.45) is 5.92 Å². The molecule has 0 unspecified atom stereocenters. The maximum atomic E-state index is 12.2. The molecule has 3 rings (SSSR count). The van der Waals surface area contributed by atoms with Crippen LogP contribution in [0.2, 0.25) is 0 Å². The molecule has 23 heavy (non-hydrogen) atoms. The molecule has 1 aliphatic rings. The summed E-state index contributed by atoms with van der Waals surface area (Å²) in [7, 11) is 0. The normalized spacial score (nSPS) is 13.4. The summed E-state index contributed by atoms with van der Waals surface area (Å²) < 4.78 is 0. The summed E-state index contributed by atoms with van der Waals surface area (Å²) in [6.45, 7) is 0.522. The first-order chi connectivity index (χ1) is 11.2. The zero-order chi connectivity index (χ0) is 16.1. The molecule has 1 saturated carbocycles. The first kappa shape index (κ1) is 15.2. The van der Waals surface area contributed by atoms with Crippen molar-refractivity contribution >= 4 is 17.5 Å². The number of nitrogens with zero attached hydrogens (tertiary/aromatic N) is 1. The molecule has 0 radical (unpaired) electrons. The number of nitrogens with one attached hydrogen (secondary N) is 2. The van der Waals surface area contributed by atoms with Gasteiger partial charge in [-0.25, -0.2) is 0 Å². The Morgan fingerprint density at radius 3 is 2.74 bits per heavy atom. The van der Waals surface area contributed by atoms with Gasteiger partial charge >= 0.3 is 0 Å². The van der Waals surface area contributed by atoms with Gasteiger partial charge in [-0.2, -0.15) is 0 Å². The van der Waals surface area contributed by atoms with Crippen LogP contribution in [0, 0.1) is 5.92 Å². The lowest BCUT2D eigenvalue weighted by atomic mass is 10.1. The monoisotopic (exact) mass is 309 g/mol. The molecule has 2 N–H and O–H groups in total. The van der Waals surface area contributed by atoms with Gasteiger partial charge in [0.2, 0.25) is 5.91 Å². The molecule has 5 nitrogen and oxygen atoms in total. The Morgan fingerprint density at radius 2 is 2.00 bits per heavy atom. The number of pyridine rings is 1. The highest BCUT2D eigenvalue weighted by atomic mass is 16.2. The fourth-order valence-electron chi connectivity index (χ4n) is 2.28. The Balaban J connectivity index is 1.53. The van der Waals surface area contributed by atoms with Gasteiger partial charge in [0.05, 0.1) is 0 Å². The predicted octanol–water partition coefficient (Wildman–Crippen LogP) is 2.40. The molecule has 0 atom stereocenters. The van der Waals surface area contributed by atoms with E-state index in [1.807, 2.05) is 18.2 Å². The molecule has 1 heterocycles. The lowest BCUT2D eigenvalue weighted by molar-refractivity contribution is -0.117. The fraction of sp³-hybridized carbons (Fsp3) is 0.278. The van der Waals surface area contributed by atoms with Crippen molar-refractivity contribution < 1.29 is 9.59 Å². The van der Waals surface area contributed by atoms with E-state index >= 15 is 0 Å². The highest BCUT2D eigenvalue weighted by Crippen LogP contribution is 2.30. The number of carbonyl (C=O) groups excluding carboxylic acids is 2. The van der Waals surface area contributed by atoms with Crippen LogP contribution >= 0.6 is 0 Å². The molecule has 118 valence electrons. The van der Waals surface area contributed by atoms with Crippen LogP contribution in [0.15, 0.2) is 48.7 Å². The molecule has 0 spiro atoms. The quantitative estimate of drug-likeness (QED) is 0.861. The summed E-state index contributed by atoms with van der Waals surface area (Å²) in [4.78, 5) is 28.2. The van der Waals surface area contributed by atoms with Gasteiger partial charge in [0.25, 0.3) is 5.91 Å². The van der Waals surface area contributed by atoms with Crippen LogP contribution in [0.4, 0.5) is 5.69 Å². The van der Waals surface area contributed by atoms with Gasteiger partial charge in [0, 0.05) is 42.0 Å². The molecule has 2 aromatic rings. The van der Waals surface area contributed by atoms with Crippen LogP contribution in [0.1, 0.15) is 28.9 Å². The van der Waals surface area contributed by atoms with Crippen molar-refractivity contribution in [2.45, 2.75) is 19.3 Å². The second kappa shape index (κ2) is 7.05. The second-order valence-corrected chi connectivity index (χ2v) is 5.67. The molecule has 2 amide bonds. The number of carbonyl (C=O) groups is 2. The Labute approximate surface area is 135 Å². The summed E-state index contributed by atoms with van der Waals surface area (Å²) in [5.74, 6) is 0.0343. The van der Waals surface area contributed by atoms with Gasteiger partial charge in [-0.3, -0.25) is 14.6 Å². The van der Waals surface area contributed by atoms with E-state index in [0.717, 1.165) is 18.5 Å². The van der Waals surface area contributed by atoms with E-state index in [1.54, 1.807) is 30.5 Å². The maximum absolute atomic E-state index is 12.2. The minimum Gasteiger partial charge on any atom is -0.352 e. The van der Waals surface area contributed by atoms with E-state index < -0.39 is 0 Å². The Kier molecular flexibility index (Phi) is 4.66. The summed E-state index contributed by atoms with van der Waals surface area (Å²) in [6.07, 6.45) is 4.34. The number of hydrogen-bond donors (Lipinski definition) is 2. The molecule has 1 fully saturated rings. The van der Waals surface area contributed by atoms with E-state index in [9.17, 15) is 9.59 Å². The molecule has 1 aromatic heterocycles. The van der Waals surface area contributed by atoms with Crippen molar-refractivity contribution in [3.63, 3.8) is 0 Å². The number of amides is 2.